The van der Waals surface area contributed by atoms with Crippen LogP contribution in [-0.2, 0) is 18.9 Å². The fourth-order valence-corrected chi connectivity index (χ4v) is 0.989. The minimum absolute atomic E-state index is 0.0587. The van der Waals surface area contributed by atoms with Crippen molar-refractivity contribution in [3.63, 3.8) is 0 Å². The maximum atomic E-state index is 11.2. The standard InChI is InChI=1S/C14H24O6/c1-5-6-9-17-12(15)18-10-7-8-11-19-13(16)20-14(2,3)4/h7-8H,5-6,9-11H2,1-4H3/b8-7+. The van der Waals surface area contributed by atoms with Gasteiger partial charge in [-0.3, -0.25) is 0 Å². The molecular weight excluding hydrogens is 264 g/mol. The molecule has 0 aromatic rings. The van der Waals surface area contributed by atoms with Crippen LogP contribution in [-0.4, -0.2) is 37.7 Å². The molecule has 0 aliphatic carbocycles. The molecule has 0 atom stereocenters. The monoisotopic (exact) mass is 288 g/mol. The molecule has 116 valence electrons. The molecule has 0 heterocycles. The molecule has 0 fully saturated rings. The summed E-state index contributed by atoms with van der Waals surface area (Å²) in [6.07, 6.45) is 3.46. The van der Waals surface area contributed by atoms with Crippen molar-refractivity contribution in [3.8, 4) is 0 Å². The fourth-order valence-electron chi connectivity index (χ4n) is 0.989. The fraction of sp³-hybridized carbons (Fsp3) is 0.714. The lowest BCUT2D eigenvalue weighted by atomic mass is 10.2. The Balaban J connectivity index is 3.57. The van der Waals surface area contributed by atoms with Crippen LogP contribution in [0, 0.1) is 0 Å². The second-order valence-electron chi connectivity index (χ2n) is 5.01. The largest absolute Gasteiger partial charge is 0.509 e. The van der Waals surface area contributed by atoms with Gasteiger partial charge in [0.2, 0.25) is 0 Å². The molecule has 6 heteroatoms. The highest BCUT2D eigenvalue weighted by molar-refractivity contribution is 5.60. The van der Waals surface area contributed by atoms with Gasteiger partial charge < -0.3 is 18.9 Å². The number of ether oxygens (including phenoxy) is 4. The predicted molar refractivity (Wildman–Crippen MR) is 73.5 cm³/mol. The van der Waals surface area contributed by atoms with Crippen LogP contribution in [0.2, 0.25) is 0 Å². The van der Waals surface area contributed by atoms with Gasteiger partial charge in [-0.05, 0) is 39.3 Å². The van der Waals surface area contributed by atoms with Crippen LogP contribution in [0.4, 0.5) is 9.59 Å². The van der Waals surface area contributed by atoms with Gasteiger partial charge in [-0.1, -0.05) is 13.3 Å². The van der Waals surface area contributed by atoms with Gasteiger partial charge in [0.1, 0.15) is 18.8 Å². The van der Waals surface area contributed by atoms with Crippen molar-refractivity contribution in [2.75, 3.05) is 19.8 Å². The van der Waals surface area contributed by atoms with E-state index in [1.165, 1.54) is 0 Å². The lowest BCUT2D eigenvalue weighted by Crippen LogP contribution is -2.24. The smallest absolute Gasteiger partial charge is 0.434 e. The van der Waals surface area contributed by atoms with Gasteiger partial charge in [-0.25, -0.2) is 9.59 Å². The predicted octanol–water partition coefficient (Wildman–Crippen LogP) is 3.45. The SMILES string of the molecule is CCCCOC(=O)OC/C=C/COC(=O)OC(C)(C)C. The normalized spacial score (nSPS) is 11.2. The first-order valence-electron chi connectivity index (χ1n) is 6.65. The Morgan fingerprint density at radius 2 is 1.50 bits per heavy atom. The molecule has 0 radical (unpaired) electrons. The Morgan fingerprint density at radius 1 is 0.950 bits per heavy atom. The maximum absolute atomic E-state index is 11.2. The molecule has 0 spiro atoms. The first-order chi connectivity index (χ1) is 9.35. The average molecular weight is 288 g/mol. The zero-order valence-electron chi connectivity index (χ0n) is 12.6. The summed E-state index contributed by atoms with van der Waals surface area (Å²) in [7, 11) is 0. The van der Waals surface area contributed by atoms with Gasteiger partial charge in [-0.2, -0.15) is 0 Å². The van der Waals surface area contributed by atoms with Gasteiger partial charge >= 0.3 is 12.3 Å². The van der Waals surface area contributed by atoms with E-state index in [0.717, 1.165) is 12.8 Å². The van der Waals surface area contributed by atoms with E-state index in [1.54, 1.807) is 32.9 Å². The van der Waals surface area contributed by atoms with Crippen LogP contribution in [0.25, 0.3) is 0 Å². The molecule has 0 unspecified atom stereocenters. The lowest BCUT2D eigenvalue weighted by Gasteiger charge is -2.18. The van der Waals surface area contributed by atoms with Crippen LogP contribution >= 0.6 is 0 Å². The third-order valence-electron chi connectivity index (χ3n) is 1.87. The summed E-state index contributed by atoms with van der Waals surface area (Å²) < 4.78 is 19.3. The molecule has 0 aromatic carbocycles. The Morgan fingerprint density at radius 3 is 2.00 bits per heavy atom. The van der Waals surface area contributed by atoms with Crippen molar-refractivity contribution in [1.29, 1.82) is 0 Å². The van der Waals surface area contributed by atoms with E-state index >= 15 is 0 Å². The van der Waals surface area contributed by atoms with Gasteiger partial charge in [0.05, 0.1) is 6.61 Å². The van der Waals surface area contributed by atoms with Crippen molar-refractivity contribution in [1.82, 2.24) is 0 Å². The second-order valence-corrected chi connectivity index (χ2v) is 5.01. The zero-order valence-corrected chi connectivity index (χ0v) is 12.6. The molecule has 0 bridgehead atoms. The average Bonchev–Trinajstić information content (AvgIpc) is 2.31. The highest BCUT2D eigenvalue weighted by Gasteiger charge is 2.16. The minimum Gasteiger partial charge on any atom is -0.434 e. The van der Waals surface area contributed by atoms with Crippen LogP contribution < -0.4 is 0 Å². The van der Waals surface area contributed by atoms with Gasteiger partial charge in [-0.15, -0.1) is 0 Å². The van der Waals surface area contributed by atoms with Crippen molar-refractivity contribution >= 4 is 12.3 Å². The molecule has 6 nitrogen and oxygen atoms in total. The van der Waals surface area contributed by atoms with Crippen molar-refractivity contribution in [3.05, 3.63) is 12.2 Å². The molecule has 0 saturated carbocycles. The van der Waals surface area contributed by atoms with Crippen LogP contribution in [0.15, 0.2) is 12.2 Å². The molecule has 20 heavy (non-hydrogen) atoms. The zero-order chi connectivity index (χ0) is 15.4. The number of unbranched alkanes of at least 4 members (excludes halogenated alkanes) is 1. The highest BCUT2D eigenvalue weighted by atomic mass is 16.7. The number of carbonyl (C=O) groups is 2. The Kier molecular flexibility index (Phi) is 9.24. The van der Waals surface area contributed by atoms with Gasteiger partial charge in [0.25, 0.3) is 0 Å². The first-order valence-corrected chi connectivity index (χ1v) is 6.65. The second kappa shape index (κ2) is 10.1. The Bertz CT molecular complexity index is 316. The summed E-state index contributed by atoms with van der Waals surface area (Å²) in [5.41, 5.74) is -0.577. The quantitative estimate of drug-likeness (QED) is 0.406. The molecular formula is C14H24O6. The minimum atomic E-state index is -0.734. The van der Waals surface area contributed by atoms with E-state index in [-0.39, 0.29) is 13.2 Å². The summed E-state index contributed by atoms with van der Waals surface area (Å²) >= 11 is 0. The summed E-state index contributed by atoms with van der Waals surface area (Å²) in [5, 5.41) is 0. The Labute approximate surface area is 120 Å². The van der Waals surface area contributed by atoms with E-state index in [9.17, 15) is 9.59 Å². The van der Waals surface area contributed by atoms with Crippen molar-refractivity contribution < 1.29 is 28.5 Å². The number of hydrogen-bond donors (Lipinski definition) is 0. The van der Waals surface area contributed by atoms with Crippen molar-refractivity contribution in [2.45, 2.75) is 46.1 Å². The third kappa shape index (κ3) is 12.7. The number of hydrogen-bond acceptors (Lipinski definition) is 6. The van der Waals surface area contributed by atoms with E-state index in [2.05, 4.69) is 0 Å². The summed E-state index contributed by atoms with van der Waals surface area (Å²) in [6.45, 7) is 7.75. The van der Waals surface area contributed by atoms with Crippen LogP contribution in [0.5, 0.6) is 0 Å². The maximum Gasteiger partial charge on any atom is 0.509 e. The Hall–Kier alpha value is -1.72. The molecule has 0 amide bonds. The summed E-state index contributed by atoms with van der Waals surface area (Å²) in [4.78, 5) is 22.2. The molecule has 0 aromatic heterocycles. The molecule has 0 aliphatic heterocycles. The van der Waals surface area contributed by atoms with Gasteiger partial charge in [0.15, 0.2) is 0 Å². The number of carbonyl (C=O) groups excluding carboxylic acids is 2. The first kappa shape index (κ1) is 18.3. The molecule has 0 aliphatic rings. The van der Waals surface area contributed by atoms with E-state index < -0.39 is 17.9 Å². The summed E-state index contributed by atoms with van der Waals surface area (Å²) in [5.74, 6) is 0. The van der Waals surface area contributed by atoms with Crippen LogP contribution in [0.3, 0.4) is 0 Å². The third-order valence-corrected chi connectivity index (χ3v) is 1.87. The number of rotatable bonds is 7. The lowest BCUT2D eigenvalue weighted by molar-refractivity contribution is -0.00255. The topological polar surface area (TPSA) is 71.1 Å². The molecule has 0 saturated heterocycles. The van der Waals surface area contributed by atoms with E-state index in [0.29, 0.717) is 6.61 Å². The van der Waals surface area contributed by atoms with E-state index in [1.807, 2.05) is 6.92 Å². The van der Waals surface area contributed by atoms with Crippen molar-refractivity contribution in [2.24, 2.45) is 0 Å². The van der Waals surface area contributed by atoms with Gasteiger partial charge in [0, 0.05) is 0 Å². The van der Waals surface area contributed by atoms with E-state index in [4.69, 9.17) is 18.9 Å². The molecule has 0 N–H and O–H groups in total. The van der Waals surface area contributed by atoms with Crippen LogP contribution in [0.1, 0.15) is 40.5 Å². The molecule has 0 rings (SSSR count). The highest BCUT2D eigenvalue weighted by Crippen LogP contribution is 2.07. The summed E-state index contributed by atoms with van der Waals surface area (Å²) in [6, 6.07) is 0.